The Morgan fingerprint density at radius 1 is 1.50 bits per heavy atom. The molecule has 1 aliphatic rings. The van der Waals surface area contributed by atoms with Crippen LogP contribution in [0.15, 0.2) is 0 Å². The Kier molecular flexibility index (Phi) is 6.65. The first-order chi connectivity index (χ1) is 8.50. The van der Waals surface area contributed by atoms with Gasteiger partial charge in [0.2, 0.25) is 5.91 Å². The second-order valence-corrected chi connectivity index (χ2v) is 5.78. The molecule has 0 aromatic heterocycles. The minimum absolute atomic E-state index is 0.292. The first-order valence-corrected chi connectivity index (χ1v) is 7.18. The van der Waals surface area contributed by atoms with Crippen molar-refractivity contribution < 1.29 is 4.79 Å². The van der Waals surface area contributed by atoms with Crippen molar-refractivity contribution >= 4 is 5.91 Å². The smallest absolute Gasteiger partial charge is 0.222 e. The van der Waals surface area contributed by atoms with E-state index in [4.69, 9.17) is 0 Å². The Morgan fingerprint density at radius 3 is 2.83 bits per heavy atom. The molecular weight excluding hydrogens is 226 g/mol. The topological polar surface area (TPSA) is 35.6 Å². The van der Waals surface area contributed by atoms with Crippen LogP contribution in [0.25, 0.3) is 0 Å². The largest absolute Gasteiger partial charge is 0.341 e. The van der Waals surface area contributed by atoms with E-state index in [1.54, 1.807) is 0 Å². The van der Waals surface area contributed by atoms with Crippen LogP contribution in [0.4, 0.5) is 0 Å². The normalized spacial score (nSPS) is 21.3. The van der Waals surface area contributed by atoms with Gasteiger partial charge in [-0.15, -0.1) is 0 Å². The molecular formula is C14H29N3O. The van der Waals surface area contributed by atoms with Gasteiger partial charge in [0.05, 0.1) is 0 Å². The standard InChI is InChI=1S/C14H29N3O/c1-12(2)15-9-5-8-14(18)17(4)13-7-6-10-16(3)11-13/h12-13,15H,5-11H2,1-4H3. The van der Waals surface area contributed by atoms with Crippen LogP contribution in [0.3, 0.4) is 0 Å². The Bertz CT molecular complexity index is 255. The van der Waals surface area contributed by atoms with Gasteiger partial charge in [-0.25, -0.2) is 0 Å². The summed E-state index contributed by atoms with van der Waals surface area (Å²) >= 11 is 0. The van der Waals surface area contributed by atoms with Crippen molar-refractivity contribution in [3.63, 3.8) is 0 Å². The van der Waals surface area contributed by atoms with E-state index in [-0.39, 0.29) is 0 Å². The molecule has 1 fully saturated rings. The number of nitrogens with one attached hydrogen (secondary N) is 1. The molecule has 0 radical (unpaired) electrons. The molecule has 1 amide bonds. The Balaban J connectivity index is 2.23. The number of carbonyl (C=O) groups is 1. The van der Waals surface area contributed by atoms with Crippen molar-refractivity contribution in [2.24, 2.45) is 0 Å². The zero-order valence-electron chi connectivity index (χ0n) is 12.4. The highest BCUT2D eigenvalue weighted by Gasteiger charge is 2.23. The van der Waals surface area contributed by atoms with Gasteiger partial charge in [-0.05, 0) is 39.4 Å². The molecule has 1 aliphatic heterocycles. The lowest BCUT2D eigenvalue weighted by molar-refractivity contribution is -0.133. The van der Waals surface area contributed by atoms with Gasteiger partial charge in [0, 0.05) is 32.1 Å². The second-order valence-electron chi connectivity index (χ2n) is 5.78. The second kappa shape index (κ2) is 7.74. The van der Waals surface area contributed by atoms with Gasteiger partial charge in [0.1, 0.15) is 0 Å². The summed E-state index contributed by atoms with van der Waals surface area (Å²) in [5, 5.41) is 3.35. The summed E-state index contributed by atoms with van der Waals surface area (Å²) in [5.41, 5.74) is 0. The van der Waals surface area contributed by atoms with Gasteiger partial charge in [0.25, 0.3) is 0 Å². The molecule has 1 unspecified atom stereocenters. The van der Waals surface area contributed by atoms with E-state index >= 15 is 0 Å². The molecule has 0 aliphatic carbocycles. The van der Waals surface area contributed by atoms with Crippen molar-refractivity contribution in [3.8, 4) is 0 Å². The summed E-state index contributed by atoms with van der Waals surface area (Å²) in [6.45, 7) is 7.38. The highest BCUT2D eigenvalue weighted by molar-refractivity contribution is 5.76. The van der Waals surface area contributed by atoms with Crippen LogP contribution < -0.4 is 5.32 Å². The predicted octanol–water partition coefficient (Wildman–Crippen LogP) is 1.32. The van der Waals surface area contributed by atoms with Crippen LogP contribution in [0.1, 0.15) is 39.5 Å². The first kappa shape index (κ1) is 15.4. The van der Waals surface area contributed by atoms with E-state index in [1.165, 1.54) is 6.42 Å². The third-order valence-electron chi connectivity index (χ3n) is 3.66. The lowest BCUT2D eigenvalue weighted by atomic mass is 10.0. The Morgan fingerprint density at radius 2 is 2.22 bits per heavy atom. The molecule has 1 N–H and O–H groups in total. The molecule has 1 rings (SSSR count). The molecule has 0 saturated carbocycles. The Hall–Kier alpha value is -0.610. The van der Waals surface area contributed by atoms with Crippen molar-refractivity contribution in [1.82, 2.24) is 15.1 Å². The van der Waals surface area contributed by atoms with Gasteiger partial charge >= 0.3 is 0 Å². The summed E-state index contributed by atoms with van der Waals surface area (Å²) in [5.74, 6) is 0.292. The van der Waals surface area contributed by atoms with Crippen molar-refractivity contribution in [1.29, 1.82) is 0 Å². The zero-order chi connectivity index (χ0) is 13.5. The fourth-order valence-electron chi connectivity index (χ4n) is 2.47. The summed E-state index contributed by atoms with van der Waals surface area (Å²) in [6.07, 6.45) is 3.95. The molecule has 0 spiro atoms. The molecule has 0 bridgehead atoms. The predicted molar refractivity (Wildman–Crippen MR) is 75.7 cm³/mol. The number of hydrogen-bond acceptors (Lipinski definition) is 3. The molecule has 0 aromatic carbocycles. The summed E-state index contributed by atoms with van der Waals surface area (Å²) in [7, 11) is 4.10. The summed E-state index contributed by atoms with van der Waals surface area (Å²) in [4.78, 5) is 16.4. The van der Waals surface area contributed by atoms with E-state index in [0.717, 1.165) is 32.5 Å². The number of rotatable bonds is 6. The minimum atomic E-state index is 0.292. The first-order valence-electron chi connectivity index (χ1n) is 7.18. The molecule has 4 nitrogen and oxygen atoms in total. The lowest BCUT2D eigenvalue weighted by Gasteiger charge is -2.36. The average Bonchev–Trinajstić information content (AvgIpc) is 2.33. The number of hydrogen-bond donors (Lipinski definition) is 1. The maximum atomic E-state index is 12.1. The maximum Gasteiger partial charge on any atom is 0.222 e. The van der Waals surface area contributed by atoms with E-state index in [2.05, 4.69) is 31.1 Å². The highest BCUT2D eigenvalue weighted by Crippen LogP contribution is 2.14. The average molecular weight is 255 g/mol. The van der Waals surface area contributed by atoms with Crippen LogP contribution in [-0.2, 0) is 4.79 Å². The SMILES string of the molecule is CC(C)NCCCC(=O)N(C)C1CCCN(C)C1. The van der Waals surface area contributed by atoms with Gasteiger partial charge < -0.3 is 15.1 Å². The number of nitrogens with zero attached hydrogens (tertiary/aromatic N) is 2. The molecule has 106 valence electrons. The van der Waals surface area contributed by atoms with E-state index < -0.39 is 0 Å². The zero-order valence-corrected chi connectivity index (χ0v) is 12.4. The number of likely N-dealkylation sites (N-methyl/N-ethyl adjacent to an activating group) is 2. The molecule has 0 aromatic rings. The monoisotopic (exact) mass is 255 g/mol. The van der Waals surface area contributed by atoms with E-state index in [1.807, 2.05) is 11.9 Å². The summed E-state index contributed by atoms with van der Waals surface area (Å²) in [6, 6.07) is 0.916. The van der Waals surface area contributed by atoms with Crippen LogP contribution in [0.5, 0.6) is 0 Å². The van der Waals surface area contributed by atoms with Gasteiger partial charge in [-0.2, -0.15) is 0 Å². The fourth-order valence-corrected chi connectivity index (χ4v) is 2.47. The third-order valence-corrected chi connectivity index (χ3v) is 3.66. The Labute approximate surface area is 112 Å². The minimum Gasteiger partial charge on any atom is -0.341 e. The van der Waals surface area contributed by atoms with Crippen LogP contribution >= 0.6 is 0 Å². The lowest BCUT2D eigenvalue weighted by Crippen LogP contribution is -2.47. The quantitative estimate of drug-likeness (QED) is 0.727. The molecule has 4 heteroatoms. The van der Waals surface area contributed by atoms with Gasteiger partial charge in [0.15, 0.2) is 0 Å². The van der Waals surface area contributed by atoms with Crippen LogP contribution in [0.2, 0.25) is 0 Å². The van der Waals surface area contributed by atoms with Crippen molar-refractivity contribution in [3.05, 3.63) is 0 Å². The summed E-state index contributed by atoms with van der Waals surface area (Å²) < 4.78 is 0. The van der Waals surface area contributed by atoms with Crippen LogP contribution in [-0.4, -0.2) is 61.5 Å². The van der Waals surface area contributed by atoms with Crippen molar-refractivity contribution in [2.45, 2.75) is 51.6 Å². The molecule has 1 heterocycles. The fraction of sp³-hybridized carbons (Fsp3) is 0.929. The van der Waals surface area contributed by atoms with Gasteiger partial charge in [-0.3, -0.25) is 4.79 Å². The van der Waals surface area contributed by atoms with Gasteiger partial charge in [-0.1, -0.05) is 13.8 Å². The number of piperidine rings is 1. The van der Waals surface area contributed by atoms with E-state index in [0.29, 0.717) is 24.4 Å². The molecule has 1 atom stereocenters. The number of amides is 1. The third kappa shape index (κ3) is 5.36. The molecule has 18 heavy (non-hydrogen) atoms. The molecule has 1 saturated heterocycles. The highest BCUT2D eigenvalue weighted by atomic mass is 16.2. The number of likely N-dealkylation sites (tertiary alicyclic amines) is 1. The maximum absolute atomic E-state index is 12.1. The van der Waals surface area contributed by atoms with E-state index in [9.17, 15) is 4.79 Å². The van der Waals surface area contributed by atoms with Crippen molar-refractivity contribution in [2.75, 3.05) is 33.7 Å². The number of carbonyl (C=O) groups excluding carboxylic acids is 1. The van der Waals surface area contributed by atoms with Crippen LogP contribution in [0, 0.1) is 0 Å².